The van der Waals surface area contributed by atoms with Crippen LogP contribution in [-0.2, 0) is 4.79 Å². The number of aliphatic hydroxyl groups is 2. The van der Waals surface area contributed by atoms with Crippen LogP contribution >= 0.6 is 0 Å². The number of rotatable bonds is 7. The first-order valence-corrected chi connectivity index (χ1v) is 10.0. The Morgan fingerprint density at radius 2 is 2.12 bits per heavy atom. The maximum Gasteiger partial charge on any atom is 0.303 e. The van der Waals surface area contributed by atoms with E-state index in [1.807, 2.05) is 26.0 Å². The third-order valence-electron chi connectivity index (χ3n) is 7.18. The monoisotopic (exact) mass is 360 g/mol. The highest BCUT2D eigenvalue weighted by atomic mass is 16.4. The fourth-order valence-electron chi connectivity index (χ4n) is 5.58. The number of aliphatic hydroxyl groups excluding tert-OH is 2. The normalized spacial score (nSPS) is 40.2. The van der Waals surface area contributed by atoms with Crippen LogP contribution < -0.4 is 0 Å². The van der Waals surface area contributed by atoms with Crippen LogP contribution in [0, 0.1) is 46.8 Å². The molecule has 3 rings (SSSR count). The second-order valence-electron chi connectivity index (χ2n) is 8.89. The zero-order valence-electron chi connectivity index (χ0n) is 15.9. The first kappa shape index (κ1) is 19.5. The predicted octanol–water partition coefficient (Wildman–Crippen LogP) is 3.23. The summed E-state index contributed by atoms with van der Waals surface area (Å²) in [5.74, 6) is 6.98. The molecule has 0 aromatic heterocycles. The number of carboxylic acid groups (broad SMARTS) is 1. The molecule has 0 saturated heterocycles. The standard InChI is InChI=1S/C22H32O4/c1-3-4-5-14(2)19(23)8-7-17-18-13-22(11-15(18)10-20(17)24)12-16(22)6-9-21(25)26/h7-8,14-20,23-24H,5-6,9-13H2,1-2H3,(H,25,26)/t14?,15-,16?,17-,18+,19-,20-,22?/m1/s1. The predicted molar refractivity (Wildman–Crippen MR) is 100 cm³/mol. The quantitative estimate of drug-likeness (QED) is 0.481. The molecule has 4 heteroatoms. The molecule has 0 aromatic rings. The lowest BCUT2D eigenvalue weighted by Crippen LogP contribution is -2.20. The Morgan fingerprint density at radius 3 is 2.81 bits per heavy atom. The molecule has 0 bridgehead atoms. The Labute approximate surface area is 156 Å². The fraction of sp³-hybridized carbons (Fsp3) is 0.773. The average Bonchev–Trinajstić information content (AvgIpc) is 3.02. The van der Waals surface area contributed by atoms with E-state index in [0.29, 0.717) is 29.6 Å². The first-order valence-electron chi connectivity index (χ1n) is 10.0. The van der Waals surface area contributed by atoms with Crippen molar-refractivity contribution in [2.45, 2.75) is 71.0 Å². The van der Waals surface area contributed by atoms with Gasteiger partial charge in [-0.15, -0.1) is 11.8 Å². The van der Waals surface area contributed by atoms with Crippen molar-refractivity contribution in [2.24, 2.45) is 35.0 Å². The number of carbonyl (C=O) groups is 1. The molecule has 144 valence electrons. The van der Waals surface area contributed by atoms with Gasteiger partial charge >= 0.3 is 5.97 Å². The second kappa shape index (κ2) is 7.74. The summed E-state index contributed by atoms with van der Waals surface area (Å²) in [6.45, 7) is 3.80. The van der Waals surface area contributed by atoms with Crippen LogP contribution in [-0.4, -0.2) is 33.5 Å². The van der Waals surface area contributed by atoms with Gasteiger partial charge in [0.1, 0.15) is 0 Å². The topological polar surface area (TPSA) is 77.8 Å². The van der Waals surface area contributed by atoms with Crippen LogP contribution in [0.2, 0.25) is 0 Å². The van der Waals surface area contributed by atoms with Gasteiger partial charge in [-0.05, 0) is 68.1 Å². The Hall–Kier alpha value is -1.31. The highest BCUT2D eigenvalue weighted by Gasteiger charge is 2.62. The maximum absolute atomic E-state index is 10.8. The van der Waals surface area contributed by atoms with E-state index in [0.717, 1.165) is 32.1 Å². The minimum absolute atomic E-state index is 0.0896. The number of hydrogen-bond donors (Lipinski definition) is 3. The van der Waals surface area contributed by atoms with E-state index in [-0.39, 0.29) is 24.4 Å². The lowest BCUT2D eigenvalue weighted by molar-refractivity contribution is -0.137. The van der Waals surface area contributed by atoms with Crippen molar-refractivity contribution in [1.29, 1.82) is 0 Å². The van der Waals surface area contributed by atoms with Crippen LogP contribution in [0.1, 0.15) is 58.8 Å². The summed E-state index contributed by atoms with van der Waals surface area (Å²) in [5, 5.41) is 29.7. The van der Waals surface area contributed by atoms with Crippen LogP contribution in [0.25, 0.3) is 0 Å². The van der Waals surface area contributed by atoms with Gasteiger partial charge in [0, 0.05) is 18.8 Å². The van der Waals surface area contributed by atoms with Crippen molar-refractivity contribution in [2.75, 3.05) is 0 Å². The molecular formula is C22H32O4. The van der Waals surface area contributed by atoms with E-state index in [2.05, 4.69) is 11.8 Å². The summed E-state index contributed by atoms with van der Waals surface area (Å²) >= 11 is 0. The SMILES string of the molecule is CC#CCC(C)[C@H](O)C=C[C@@H]1[C@H]2CC3(CC3CCC(=O)O)C[C@H]2C[C@H]1O. The summed E-state index contributed by atoms with van der Waals surface area (Å²) in [6, 6.07) is 0. The zero-order chi connectivity index (χ0) is 18.9. The number of carboxylic acids is 1. The van der Waals surface area contributed by atoms with Crippen molar-refractivity contribution >= 4 is 5.97 Å². The Balaban J connectivity index is 1.57. The molecule has 3 saturated carbocycles. The summed E-state index contributed by atoms with van der Waals surface area (Å²) < 4.78 is 0. The highest BCUT2D eigenvalue weighted by molar-refractivity contribution is 5.66. The van der Waals surface area contributed by atoms with Crippen molar-refractivity contribution < 1.29 is 20.1 Å². The van der Waals surface area contributed by atoms with Gasteiger partial charge in [-0.25, -0.2) is 0 Å². The van der Waals surface area contributed by atoms with Gasteiger partial charge in [-0.3, -0.25) is 4.79 Å². The molecule has 3 N–H and O–H groups in total. The minimum Gasteiger partial charge on any atom is -0.481 e. The smallest absolute Gasteiger partial charge is 0.303 e. The van der Waals surface area contributed by atoms with Gasteiger partial charge in [-0.2, -0.15) is 0 Å². The van der Waals surface area contributed by atoms with Crippen LogP contribution in [0.3, 0.4) is 0 Å². The molecule has 26 heavy (non-hydrogen) atoms. The molecule has 0 heterocycles. The van der Waals surface area contributed by atoms with Crippen LogP contribution in [0.5, 0.6) is 0 Å². The Bertz CT molecular complexity index is 615. The number of fused-ring (bicyclic) bond motifs is 1. The Kier molecular flexibility index (Phi) is 5.79. The molecule has 4 nitrogen and oxygen atoms in total. The van der Waals surface area contributed by atoms with Gasteiger partial charge < -0.3 is 15.3 Å². The van der Waals surface area contributed by atoms with Gasteiger partial charge in [0.15, 0.2) is 0 Å². The second-order valence-corrected chi connectivity index (χ2v) is 8.89. The zero-order valence-corrected chi connectivity index (χ0v) is 15.9. The lowest BCUT2D eigenvalue weighted by atomic mass is 9.87. The summed E-state index contributed by atoms with van der Waals surface area (Å²) in [5.41, 5.74) is 0.347. The van der Waals surface area contributed by atoms with E-state index in [4.69, 9.17) is 5.11 Å². The molecule has 3 unspecified atom stereocenters. The molecule has 0 radical (unpaired) electrons. The fourth-order valence-corrected chi connectivity index (χ4v) is 5.58. The van der Waals surface area contributed by atoms with Crippen molar-refractivity contribution in [3.63, 3.8) is 0 Å². The average molecular weight is 360 g/mol. The van der Waals surface area contributed by atoms with E-state index in [9.17, 15) is 15.0 Å². The van der Waals surface area contributed by atoms with E-state index in [1.165, 1.54) is 0 Å². The van der Waals surface area contributed by atoms with Gasteiger partial charge in [0.05, 0.1) is 12.2 Å². The first-order chi connectivity index (χ1) is 12.4. The molecule has 3 fully saturated rings. The van der Waals surface area contributed by atoms with Crippen molar-refractivity contribution in [3.05, 3.63) is 12.2 Å². The van der Waals surface area contributed by atoms with Crippen LogP contribution in [0.4, 0.5) is 0 Å². The summed E-state index contributed by atoms with van der Waals surface area (Å²) in [4.78, 5) is 10.8. The molecule has 3 aliphatic rings. The molecule has 0 aromatic carbocycles. The largest absolute Gasteiger partial charge is 0.481 e. The van der Waals surface area contributed by atoms with Gasteiger partial charge in [0.2, 0.25) is 0 Å². The molecule has 1 spiro atoms. The highest BCUT2D eigenvalue weighted by Crippen LogP contribution is 2.70. The van der Waals surface area contributed by atoms with E-state index < -0.39 is 12.1 Å². The summed E-state index contributed by atoms with van der Waals surface area (Å²) in [6.07, 6.45) is 9.08. The molecule has 3 aliphatic carbocycles. The van der Waals surface area contributed by atoms with Crippen molar-refractivity contribution in [1.82, 2.24) is 0 Å². The number of hydrogen-bond acceptors (Lipinski definition) is 3. The van der Waals surface area contributed by atoms with Gasteiger partial charge in [0.25, 0.3) is 0 Å². The van der Waals surface area contributed by atoms with E-state index >= 15 is 0 Å². The molecule has 0 amide bonds. The van der Waals surface area contributed by atoms with Crippen LogP contribution in [0.15, 0.2) is 12.2 Å². The molecular weight excluding hydrogens is 328 g/mol. The Morgan fingerprint density at radius 1 is 1.35 bits per heavy atom. The van der Waals surface area contributed by atoms with E-state index in [1.54, 1.807) is 0 Å². The summed E-state index contributed by atoms with van der Waals surface area (Å²) in [7, 11) is 0. The maximum atomic E-state index is 10.8. The third-order valence-corrected chi connectivity index (χ3v) is 7.18. The molecule has 8 atom stereocenters. The third kappa shape index (κ3) is 4.00. The van der Waals surface area contributed by atoms with Gasteiger partial charge in [-0.1, -0.05) is 19.1 Å². The van der Waals surface area contributed by atoms with Crippen molar-refractivity contribution in [3.8, 4) is 11.8 Å². The minimum atomic E-state index is -0.697. The lowest BCUT2D eigenvalue weighted by Gasteiger charge is -2.20. The number of aliphatic carboxylic acids is 1. The molecule has 0 aliphatic heterocycles.